The number of halogens is 2. The molecule has 0 atom stereocenters. The molecule has 0 spiro atoms. The summed E-state index contributed by atoms with van der Waals surface area (Å²) in [6.07, 6.45) is -2.99. The Bertz CT molecular complexity index is 516. The number of methoxy groups -OCH3 is 1. The number of hydrogen-bond acceptors (Lipinski definition) is 4. The third-order valence-corrected chi connectivity index (χ3v) is 1.82. The van der Waals surface area contributed by atoms with Crippen LogP contribution < -0.4 is 5.56 Å². The molecule has 1 aromatic heterocycles. The molecule has 1 rings (SSSR count). The van der Waals surface area contributed by atoms with Gasteiger partial charge in [0.2, 0.25) is 0 Å². The lowest BCUT2D eigenvalue weighted by Crippen LogP contribution is -2.21. The number of ether oxygens (including phenoxy) is 1. The largest absolute Gasteiger partial charge is 0.465 e. The van der Waals surface area contributed by atoms with Crippen LogP contribution in [0.25, 0.3) is 0 Å². The Morgan fingerprint density at radius 2 is 2.25 bits per heavy atom. The predicted molar refractivity (Wildman–Crippen MR) is 48.1 cm³/mol. The average Bonchev–Trinajstić information content (AvgIpc) is 2.27. The fourth-order valence-corrected chi connectivity index (χ4v) is 1.07. The molecule has 0 unspecified atom stereocenters. The highest BCUT2D eigenvalue weighted by Gasteiger charge is 2.19. The summed E-state index contributed by atoms with van der Waals surface area (Å²) in [5.74, 6) is -0.987. The van der Waals surface area contributed by atoms with Crippen molar-refractivity contribution in [2.75, 3.05) is 7.11 Å². The van der Waals surface area contributed by atoms with Gasteiger partial charge >= 0.3 is 5.97 Å². The number of carbonyl (C=O) groups excluding carboxylic acids is 1. The number of nitrogens with one attached hydrogen (secondary N) is 1. The van der Waals surface area contributed by atoms with Crippen molar-refractivity contribution in [3.63, 3.8) is 0 Å². The molecule has 0 aromatic carbocycles. The zero-order valence-electron chi connectivity index (χ0n) is 8.08. The molecule has 0 aliphatic rings. The Labute approximate surface area is 88.3 Å². The molecule has 0 saturated heterocycles. The lowest BCUT2D eigenvalue weighted by molar-refractivity contribution is 0.0598. The summed E-state index contributed by atoms with van der Waals surface area (Å²) >= 11 is 0. The predicted octanol–water partition coefficient (Wildman–Crippen LogP) is 0.971. The van der Waals surface area contributed by atoms with E-state index in [4.69, 9.17) is 5.26 Å². The van der Waals surface area contributed by atoms with Crippen LogP contribution in [0.4, 0.5) is 8.78 Å². The van der Waals surface area contributed by atoms with Crippen LogP contribution in [0.5, 0.6) is 0 Å². The van der Waals surface area contributed by atoms with Crippen LogP contribution >= 0.6 is 0 Å². The van der Waals surface area contributed by atoms with Crippen molar-refractivity contribution < 1.29 is 18.3 Å². The minimum Gasteiger partial charge on any atom is -0.465 e. The van der Waals surface area contributed by atoms with Crippen LogP contribution in [0, 0.1) is 11.3 Å². The van der Waals surface area contributed by atoms with Crippen molar-refractivity contribution in [2.45, 2.75) is 6.43 Å². The van der Waals surface area contributed by atoms with Gasteiger partial charge in [0, 0.05) is 0 Å². The number of nitriles is 1. The van der Waals surface area contributed by atoms with E-state index in [1.54, 1.807) is 4.98 Å². The molecule has 5 nitrogen and oxygen atoms in total. The zero-order valence-corrected chi connectivity index (χ0v) is 8.08. The van der Waals surface area contributed by atoms with Crippen LogP contribution in [0.15, 0.2) is 10.9 Å². The number of pyridine rings is 1. The van der Waals surface area contributed by atoms with Gasteiger partial charge in [-0.1, -0.05) is 0 Å². The highest BCUT2D eigenvalue weighted by atomic mass is 19.3. The van der Waals surface area contributed by atoms with Crippen molar-refractivity contribution in [1.29, 1.82) is 5.26 Å². The van der Waals surface area contributed by atoms with Gasteiger partial charge < -0.3 is 9.72 Å². The van der Waals surface area contributed by atoms with Crippen LogP contribution in [0.3, 0.4) is 0 Å². The molecule has 1 heterocycles. The summed E-state index contributed by atoms with van der Waals surface area (Å²) in [5, 5.41) is 8.58. The fourth-order valence-electron chi connectivity index (χ4n) is 1.07. The van der Waals surface area contributed by atoms with Gasteiger partial charge in [-0.2, -0.15) is 5.26 Å². The van der Waals surface area contributed by atoms with Crippen LogP contribution in [0.1, 0.15) is 28.0 Å². The van der Waals surface area contributed by atoms with Gasteiger partial charge in [-0.3, -0.25) is 4.79 Å². The monoisotopic (exact) mass is 228 g/mol. The van der Waals surface area contributed by atoms with Gasteiger partial charge in [0.25, 0.3) is 12.0 Å². The Hall–Kier alpha value is -2.23. The van der Waals surface area contributed by atoms with E-state index >= 15 is 0 Å². The molecule has 0 aliphatic heterocycles. The average molecular weight is 228 g/mol. The SMILES string of the molecule is COC(=O)c1cc(C#N)c(C(F)F)[nH]c1=O. The van der Waals surface area contributed by atoms with E-state index in [1.807, 2.05) is 0 Å². The summed E-state index contributed by atoms with van der Waals surface area (Å²) in [6, 6.07) is 2.25. The molecule has 7 heteroatoms. The zero-order chi connectivity index (χ0) is 12.3. The molecule has 0 amide bonds. The third-order valence-electron chi connectivity index (χ3n) is 1.82. The topological polar surface area (TPSA) is 82.9 Å². The van der Waals surface area contributed by atoms with E-state index in [2.05, 4.69) is 4.74 Å². The van der Waals surface area contributed by atoms with E-state index in [0.29, 0.717) is 0 Å². The van der Waals surface area contributed by atoms with E-state index in [-0.39, 0.29) is 0 Å². The molecule has 0 bridgehead atoms. The molecule has 0 saturated carbocycles. The fraction of sp³-hybridized carbons (Fsp3) is 0.222. The first-order valence-electron chi connectivity index (χ1n) is 4.05. The number of H-pyrrole nitrogens is 1. The van der Waals surface area contributed by atoms with Crippen molar-refractivity contribution in [3.8, 4) is 6.07 Å². The normalized spacial score (nSPS) is 9.94. The van der Waals surface area contributed by atoms with Gasteiger partial charge in [-0.15, -0.1) is 0 Å². The highest BCUT2D eigenvalue weighted by molar-refractivity contribution is 5.89. The number of esters is 1. The summed E-state index contributed by atoms with van der Waals surface area (Å²) < 4.78 is 29.0. The molecule has 16 heavy (non-hydrogen) atoms. The van der Waals surface area contributed by atoms with E-state index in [9.17, 15) is 18.4 Å². The number of alkyl halides is 2. The standard InChI is InChI=1S/C9H6F2N2O3/c1-16-9(15)5-2-4(3-12)6(7(10)11)13-8(5)14/h2,7H,1H3,(H,13,14). The Balaban J connectivity index is 3.45. The molecule has 0 fully saturated rings. The number of aromatic amines is 1. The third kappa shape index (κ3) is 2.06. The summed E-state index contributed by atoms with van der Waals surface area (Å²) in [5.41, 5.74) is -2.76. The number of nitrogens with zero attached hydrogens (tertiary/aromatic N) is 1. The molecule has 0 radical (unpaired) electrons. The smallest absolute Gasteiger partial charge is 0.343 e. The van der Waals surface area contributed by atoms with Crippen LogP contribution in [0.2, 0.25) is 0 Å². The first kappa shape index (κ1) is 11.8. The second kappa shape index (κ2) is 4.53. The van der Waals surface area contributed by atoms with Gasteiger partial charge in [0.05, 0.1) is 12.7 Å². The van der Waals surface area contributed by atoms with Crippen molar-refractivity contribution in [2.24, 2.45) is 0 Å². The van der Waals surface area contributed by atoms with E-state index < -0.39 is 34.8 Å². The van der Waals surface area contributed by atoms with Crippen LogP contribution in [-0.2, 0) is 4.74 Å². The van der Waals surface area contributed by atoms with Gasteiger partial charge in [0.15, 0.2) is 0 Å². The molecule has 84 valence electrons. The van der Waals surface area contributed by atoms with E-state index in [1.165, 1.54) is 6.07 Å². The molecule has 1 N–H and O–H groups in total. The van der Waals surface area contributed by atoms with Gasteiger partial charge in [-0.05, 0) is 6.07 Å². The molecule has 0 aliphatic carbocycles. The van der Waals surface area contributed by atoms with Crippen molar-refractivity contribution in [3.05, 3.63) is 33.2 Å². The number of carbonyl (C=O) groups is 1. The maximum Gasteiger partial charge on any atom is 0.343 e. The summed E-state index contributed by atoms with van der Waals surface area (Å²) in [4.78, 5) is 24.0. The number of hydrogen-bond donors (Lipinski definition) is 1. The van der Waals surface area contributed by atoms with Crippen LogP contribution in [-0.4, -0.2) is 18.1 Å². The Morgan fingerprint density at radius 3 is 2.69 bits per heavy atom. The Kier molecular flexibility index (Phi) is 3.35. The molecular weight excluding hydrogens is 222 g/mol. The first-order valence-corrected chi connectivity index (χ1v) is 4.05. The molecular formula is C9H6F2N2O3. The summed E-state index contributed by atoms with van der Waals surface area (Å²) in [7, 11) is 1.04. The summed E-state index contributed by atoms with van der Waals surface area (Å²) in [6.45, 7) is 0. The van der Waals surface area contributed by atoms with Crippen molar-refractivity contribution >= 4 is 5.97 Å². The lowest BCUT2D eigenvalue weighted by atomic mass is 10.1. The number of aromatic nitrogens is 1. The number of rotatable bonds is 2. The van der Waals surface area contributed by atoms with Gasteiger partial charge in [0.1, 0.15) is 17.3 Å². The lowest BCUT2D eigenvalue weighted by Gasteiger charge is -2.04. The van der Waals surface area contributed by atoms with Gasteiger partial charge in [-0.25, -0.2) is 13.6 Å². The second-order valence-corrected chi connectivity index (χ2v) is 2.74. The second-order valence-electron chi connectivity index (χ2n) is 2.74. The van der Waals surface area contributed by atoms with Crippen molar-refractivity contribution in [1.82, 2.24) is 4.98 Å². The first-order chi connectivity index (χ1) is 7.51. The van der Waals surface area contributed by atoms with E-state index in [0.717, 1.165) is 13.2 Å². The minimum absolute atomic E-state index is 0.463. The minimum atomic E-state index is -2.99. The highest BCUT2D eigenvalue weighted by Crippen LogP contribution is 2.19. The maximum atomic E-state index is 12.4. The Morgan fingerprint density at radius 1 is 1.62 bits per heavy atom. The maximum absolute atomic E-state index is 12.4. The molecule has 1 aromatic rings. The quantitative estimate of drug-likeness (QED) is 0.764.